The highest BCUT2D eigenvalue weighted by Gasteiger charge is 2.15. The van der Waals surface area contributed by atoms with Crippen LogP contribution < -0.4 is 10.1 Å². The Balaban J connectivity index is 1.74. The van der Waals surface area contributed by atoms with E-state index >= 15 is 0 Å². The van der Waals surface area contributed by atoms with Crippen molar-refractivity contribution in [2.75, 3.05) is 14.2 Å². The third kappa shape index (κ3) is 5.40. The zero-order chi connectivity index (χ0) is 21.5. The molecule has 6 nitrogen and oxygen atoms in total. The first-order valence-electron chi connectivity index (χ1n) is 8.93. The Morgan fingerprint density at radius 3 is 2.57 bits per heavy atom. The number of carbonyl (C=O) groups is 2. The van der Waals surface area contributed by atoms with Crippen molar-refractivity contribution in [3.63, 3.8) is 0 Å². The quantitative estimate of drug-likeness (QED) is 0.486. The molecular formula is C22H19BrN2O4S. The Morgan fingerprint density at radius 2 is 1.87 bits per heavy atom. The van der Waals surface area contributed by atoms with Crippen LogP contribution in [0.2, 0.25) is 0 Å². The van der Waals surface area contributed by atoms with Crippen LogP contribution in [0.4, 0.5) is 0 Å². The fourth-order valence-electron chi connectivity index (χ4n) is 2.69. The highest BCUT2D eigenvalue weighted by Crippen LogP contribution is 2.29. The molecule has 154 valence electrons. The first kappa shape index (κ1) is 21.9. The number of nitrogens with zero attached hydrogens (tertiary/aromatic N) is 1. The Bertz CT molecular complexity index is 1060. The van der Waals surface area contributed by atoms with Gasteiger partial charge < -0.3 is 14.8 Å². The maximum Gasteiger partial charge on any atom is 0.341 e. The van der Waals surface area contributed by atoms with Crippen LogP contribution in [0.3, 0.4) is 0 Å². The number of amides is 1. The van der Waals surface area contributed by atoms with Gasteiger partial charge in [0.05, 0.1) is 19.8 Å². The van der Waals surface area contributed by atoms with Crippen LogP contribution >= 0.6 is 27.7 Å². The summed E-state index contributed by atoms with van der Waals surface area (Å²) < 4.78 is 10.9. The number of benzene rings is 2. The predicted octanol–water partition coefficient (Wildman–Crippen LogP) is 4.72. The van der Waals surface area contributed by atoms with Crippen molar-refractivity contribution in [1.82, 2.24) is 10.3 Å². The monoisotopic (exact) mass is 486 g/mol. The van der Waals surface area contributed by atoms with E-state index in [9.17, 15) is 9.59 Å². The van der Waals surface area contributed by atoms with Crippen molar-refractivity contribution in [2.45, 2.75) is 16.5 Å². The van der Waals surface area contributed by atoms with Crippen LogP contribution in [0.5, 0.6) is 5.75 Å². The maximum atomic E-state index is 12.8. The fourth-order valence-corrected chi connectivity index (χ4v) is 3.81. The average molecular weight is 487 g/mol. The minimum absolute atomic E-state index is 0.217. The summed E-state index contributed by atoms with van der Waals surface area (Å²) in [4.78, 5) is 29.9. The number of pyridine rings is 1. The minimum atomic E-state index is -0.497. The van der Waals surface area contributed by atoms with Gasteiger partial charge in [0, 0.05) is 22.1 Å². The lowest BCUT2D eigenvalue weighted by Crippen LogP contribution is -2.23. The van der Waals surface area contributed by atoms with Crippen molar-refractivity contribution in [1.29, 1.82) is 0 Å². The summed E-state index contributed by atoms with van der Waals surface area (Å²) in [6, 6.07) is 16.2. The van der Waals surface area contributed by atoms with Crippen LogP contribution in [-0.2, 0) is 11.3 Å². The second kappa shape index (κ2) is 10.3. The Labute approximate surface area is 187 Å². The van der Waals surface area contributed by atoms with Gasteiger partial charge >= 0.3 is 5.97 Å². The van der Waals surface area contributed by atoms with Crippen LogP contribution in [0.15, 0.2) is 75.2 Å². The molecule has 0 saturated heterocycles. The van der Waals surface area contributed by atoms with Gasteiger partial charge in [-0.3, -0.25) is 4.79 Å². The summed E-state index contributed by atoms with van der Waals surface area (Å²) in [5, 5.41) is 3.69. The number of halogens is 1. The van der Waals surface area contributed by atoms with E-state index < -0.39 is 5.97 Å². The SMILES string of the molecule is COC(=O)c1cc(CNC(=O)c2ccccc2Sc2ccc(Br)cn2)ccc1OC. The zero-order valence-corrected chi connectivity index (χ0v) is 18.7. The number of nitrogens with one attached hydrogen (secondary N) is 1. The number of hydrogen-bond donors (Lipinski definition) is 1. The number of rotatable bonds is 7. The molecule has 8 heteroatoms. The molecule has 1 N–H and O–H groups in total. The summed E-state index contributed by atoms with van der Waals surface area (Å²) in [5.41, 5.74) is 1.61. The Kier molecular flexibility index (Phi) is 7.48. The maximum absolute atomic E-state index is 12.8. The molecule has 0 aliphatic heterocycles. The molecule has 0 fully saturated rings. The number of ether oxygens (including phenoxy) is 2. The average Bonchev–Trinajstić information content (AvgIpc) is 2.78. The highest BCUT2D eigenvalue weighted by molar-refractivity contribution is 9.10. The standard InChI is InChI=1S/C22H19BrN2O4S/c1-28-18-9-7-14(11-17(18)22(27)29-2)12-25-21(26)16-5-3-4-6-19(16)30-20-10-8-15(23)13-24-20/h3-11,13H,12H2,1-2H3,(H,25,26). The lowest BCUT2D eigenvalue weighted by atomic mass is 10.1. The van der Waals surface area contributed by atoms with Crippen molar-refractivity contribution in [3.05, 3.63) is 82.0 Å². The molecule has 3 rings (SSSR count). The van der Waals surface area contributed by atoms with Crippen LogP contribution in [0.25, 0.3) is 0 Å². The van der Waals surface area contributed by atoms with Crippen LogP contribution in [-0.4, -0.2) is 31.1 Å². The van der Waals surface area contributed by atoms with Gasteiger partial charge in [-0.1, -0.05) is 30.0 Å². The third-order valence-corrected chi connectivity index (χ3v) is 5.66. The van der Waals surface area contributed by atoms with Crippen molar-refractivity contribution < 1.29 is 19.1 Å². The second-order valence-corrected chi connectivity index (χ2v) is 8.10. The fraction of sp³-hybridized carbons (Fsp3) is 0.136. The molecule has 1 amide bonds. The first-order valence-corrected chi connectivity index (χ1v) is 10.5. The van der Waals surface area contributed by atoms with Gasteiger partial charge in [0.2, 0.25) is 0 Å². The Morgan fingerprint density at radius 1 is 1.07 bits per heavy atom. The van der Waals surface area contributed by atoms with E-state index in [1.165, 1.54) is 26.0 Å². The van der Waals surface area contributed by atoms with Gasteiger partial charge in [0.15, 0.2) is 0 Å². The molecule has 1 heterocycles. The molecule has 0 bridgehead atoms. The number of methoxy groups -OCH3 is 2. The molecule has 1 aromatic heterocycles. The third-order valence-electron chi connectivity index (χ3n) is 4.17. The highest BCUT2D eigenvalue weighted by atomic mass is 79.9. The molecular weight excluding hydrogens is 468 g/mol. The minimum Gasteiger partial charge on any atom is -0.496 e. The number of hydrogen-bond acceptors (Lipinski definition) is 6. The van der Waals surface area contributed by atoms with E-state index in [-0.39, 0.29) is 12.5 Å². The van der Waals surface area contributed by atoms with E-state index in [1.54, 1.807) is 30.5 Å². The van der Waals surface area contributed by atoms with E-state index in [2.05, 4.69) is 26.2 Å². The molecule has 0 atom stereocenters. The van der Waals surface area contributed by atoms with E-state index in [0.29, 0.717) is 16.9 Å². The first-order chi connectivity index (χ1) is 14.5. The second-order valence-electron chi connectivity index (χ2n) is 6.12. The van der Waals surface area contributed by atoms with E-state index in [0.717, 1.165) is 20.0 Å². The zero-order valence-electron chi connectivity index (χ0n) is 16.3. The largest absolute Gasteiger partial charge is 0.496 e. The summed E-state index contributed by atoms with van der Waals surface area (Å²) in [6.45, 7) is 0.252. The Hall–Kier alpha value is -2.84. The van der Waals surface area contributed by atoms with Crippen LogP contribution in [0, 0.1) is 0 Å². The van der Waals surface area contributed by atoms with Crippen LogP contribution in [0.1, 0.15) is 26.3 Å². The molecule has 0 unspecified atom stereocenters. The molecule has 0 saturated carbocycles. The lowest BCUT2D eigenvalue weighted by Gasteiger charge is -2.12. The normalized spacial score (nSPS) is 10.4. The molecule has 0 aliphatic carbocycles. The van der Waals surface area contributed by atoms with Gasteiger partial charge in [0.25, 0.3) is 5.91 Å². The smallest absolute Gasteiger partial charge is 0.341 e. The van der Waals surface area contributed by atoms with Gasteiger partial charge in [-0.05, 0) is 57.9 Å². The number of carbonyl (C=O) groups excluding carboxylic acids is 2. The van der Waals surface area contributed by atoms with Gasteiger partial charge in [-0.15, -0.1) is 0 Å². The van der Waals surface area contributed by atoms with E-state index in [1.807, 2.05) is 30.3 Å². The predicted molar refractivity (Wildman–Crippen MR) is 118 cm³/mol. The van der Waals surface area contributed by atoms with Gasteiger partial charge in [-0.2, -0.15) is 0 Å². The molecule has 30 heavy (non-hydrogen) atoms. The van der Waals surface area contributed by atoms with Gasteiger partial charge in [0.1, 0.15) is 16.3 Å². The summed E-state index contributed by atoms with van der Waals surface area (Å²) in [7, 11) is 2.79. The molecule has 3 aromatic rings. The lowest BCUT2D eigenvalue weighted by molar-refractivity contribution is 0.0597. The van der Waals surface area contributed by atoms with Crippen molar-refractivity contribution >= 4 is 39.6 Å². The summed E-state index contributed by atoms with van der Waals surface area (Å²) in [6.07, 6.45) is 1.72. The molecule has 0 radical (unpaired) electrons. The molecule has 0 aliphatic rings. The molecule has 2 aromatic carbocycles. The van der Waals surface area contributed by atoms with Crippen molar-refractivity contribution in [2.24, 2.45) is 0 Å². The van der Waals surface area contributed by atoms with Crippen molar-refractivity contribution in [3.8, 4) is 5.75 Å². The topological polar surface area (TPSA) is 77.5 Å². The summed E-state index contributed by atoms with van der Waals surface area (Å²) >= 11 is 4.78. The number of esters is 1. The van der Waals surface area contributed by atoms with Gasteiger partial charge in [-0.25, -0.2) is 9.78 Å². The molecule has 0 spiro atoms. The van der Waals surface area contributed by atoms with E-state index in [4.69, 9.17) is 9.47 Å². The number of aromatic nitrogens is 1. The summed E-state index contributed by atoms with van der Waals surface area (Å²) in [5.74, 6) is -0.296.